The summed E-state index contributed by atoms with van der Waals surface area (Å²) in [5, 5.41) is 1.07. The number of hydrogen-bond donors (Lipinski definition) is 0. The predicted molar refractivity (Wildman–Crippen MR) is 55.3 cm³/mol. The summed E-state index contributed by atoms with van der Waals surface area (Å²) in [7, 11) is 4.27. The summed E-state index contributed by atoms with van der Waals surface area (Å²) in [4.78, 5) is 2.28. The average Bonchev–Trinajstić information content (AvgIpc) is 1.80. The van der Waals surface area contributed by atoms with Crippen LogP contribution in [0.5, 0.6) is 0 Å². The fourth-order valence-corrected chi connectivity index (χ4v) is 1.89. The minimum Gasteiger partial charge on any atom is -0.306 e. The van der Waals surface area contributed by atoms with Crippen LogP contribution in [0.1, 0.15) is 27.2 Å². The molecule has 0 radical (unpaired) electrons. The van der Waals surface area contributed by atoms with Crippen LogP contribution in [0.2, 0.25) is 0 Å². The molecule has 0 aliphatic rings. The summed E-state index contributed by atoms with van der Waals surface area (Å²) in [5.74, 6) is 0. The highest BCUT2D eigenvalue weighted by molar-refractivity contribution is 9.09. The Kier molecular flexibility index (Phi) is 4.64. The monoisotopic (exact) mass is 221 g/mol. The van der Waals surface area contributed by atoms with Crippen molar-refractivity contribution in [3.63, 3.8) is 0 Å². The van der Waals surface area contributed by atoms with Gasteiger partial charge in [0, 0.05) is 11.4 Å². The fraction of sp³-hybridized carbons (Fsp3) is 1.00. The molecule has 68 valence electrons. The maximum Gasteiger partial charge on any atom is 0.0191 e. The van der Waals surface area contributed by atoms with Gasteiger partial charge in [-0.2, -0.15) is 0 Å². The van der Waals surface area contributed by atoms with E-state index in [0.29, 0.717) is 11.5 Å². The molecule has 1 unspecified atom stereocenters. The average molecular weight is 222 g/mol. The Morgan fingerprint density at radius 2 is 1.73 bits per heavy atom. The van der Waals surface area contributed by atoms with Crippen LogP contribution in [0.3, 0.4) is 0 Å². The van der Waals surface area contributed by atoms with Gasteiger partial charge in [0.2, 0.25) is 0 Å². The van der Waals surface area contributed by atoms with E-state index in [0.717, 1.165) is 5.33 Å². The highest BCUT2D eigenvalue weighted by Gasteiger charge is 2.18. The molecule has 0 saturated carbocycles. The van der Waals surface area contributed by atoms with Crippen LogP contribution in [0, 0.1) is 5.41 Å². The van der Waals surface area contributed by atoms with E-state index < -0.39 is 0 Å². The quantitative estimate of drug-likeness (QED) is 0.663. The minimum absolute atomic E-state index is 0.433. The Labute approximate surface area is 79.3 Å². The highest BCUT2D eigenvalue weighted by atomic mass is 79.9. The molecular weight excluding hydrogens is 202 g/mol. The van der Waals surface area contributed by atoms with Crippen molar-refractivity contribution in [1.82, 2.24) is 4.90 Å². The van der Waals surface area contributed by atoms with Crippen LogP contribution < -0.4 is 0 Å². The lowest BCUT2D eigenvalue weighted by Crippen LogP contribution is -2.33. The van der Waals surface area contributed by atoms with E-state index in [4.69, 9.17) is 0 Å². The summed E-state index contributed by atoms with van der Waals surface area (Å²) in [6, 6.07) is 0.662. The maximum atomic E-state index is 3.53. The first-order chi connectivity index (χ1) is 4.87. The van der Waals surface area contributed by atoms with Gasteiger partial charge >= 0.3 is 0 Å². The molecule has 0 fully saturated rings. The molecule has 0 rings (SSSR count). The van der Waals surface area contributed by atoms with Crippen molar-refractivity contribution >= 4 is 15.9 Å². The molecule has 0 N–H and O–H groups in total. The van der Waals surface area contributed by atoms with Crippen LogP contribution in [-0.4, -0.2) is 30.4 Å². The van der Waals surface area contributed by atoms with Gasteiger partial charge in [0.05, 0.1) is 0 Å². The summed E-state index contributed by atoms with van der Waals surface area (Å²) >= 11 is 3.53. The molecule has 0 aromatic carbocycles. The van der Waals surface area contributed by atoms with E-state index in [1.165, 1.54) is 6.42 Å². The summed E-state index contributed by atoms with van der Waals surface area (Å²) in [5.41, 5.74) is 0.433. The minimum atomic E-state index is 0.433. The van der Waals surface area contributed by atoms with Gasteiger partial charge in [-0.3, -0.25) is 0 Å². The molecule has 0 amide bonds. The van der Waals surface area contributed by atoms with Crippen molar-refractivity contribution < 1.29 is 0 Å². The van der Waals surface area contributed by atoms with Crippen LogP contribution in [0.4, 0.5) is 0 Å². The van der Waals surface area contributed by atoms with Crippen LogP contribution in [0.25, 0.3) is 0 Å². The molecule has 0 bridgehead atoms. The first-order valence-electron chi connectivity index (χ1n) is 4.09. The molecule has 0 aliphatic carbocycles. The van der Waals surface area contributed by atoms with Gasteiger partial charge in [-0.1, -0.05) is 36.7 Å². The lowest BCUT2D eigenvalue weighted by Gasteiger charge is -2.29. The van der Waals surface area contributed by atoms with Crippen molar-refractivity contribution in [2.45, 2.75) is 33.2 Å². The second-order valence-corrected chi connectivity index (χ2v) is 5.18. The van der Waals surface area contributed by atoms with Gasteiger partial charge in [0.1, 0.15) is 0 Å². The summed E-state index contributed by atoms with van der Waals surface area (Å²) in [6.07, 6.45) is 1.24. The second kappa shape index (κ2) is 4.46. The Morgan fingerprint density at radius 3 is 1.82 bits per heavy atom. The molecule has 0 aliphatic heterocycles. The normalized spacial score (nSPS) is 15.5. The van der Waals surface area contributed by atoms with Crippen LogP contribution >= 0.6 is 15.9 Å². The van der Waals surface area contributed by atoms with E-state index >= 15 is 0 Å². The van der Waals surface area contributed by atoms with Gasteiger partial charge in [-0.15, -0.1) is 0 Å². The fourth-order valence-electron chi connectivity index (χ4n) is 1.08. The van der Waals surface area contributed by atoms with Crippen molar-refractivity contribution in [3.8, 4) is 0 Å². The SMILES string of the molecule is CN(C)C(CBr)CC(C)(C)C. The van der Waals surface area contributed by atoms with Gasteiger partial charge in [-0.05, 0) is 25.9 Å². The van der Waals surface area contributed by atoms with E-state index in [9.17, 15) is 0 Å². The number of alkyl halides is 1. The van der Waals surface area contributed by atoms with Crippen molar-refractivity contribution in [2.24, 2.45) is 5.41 Å². The smallest absolute Gasteiger partial charge is 0.0191 e. The van der Waals surface area contributed by atoms with E-state index in [1.54, 1.807) is 0 Å². The zero-order valence-electron chi connectivity index (χ0n) is 8.32. The molecule has 0 spiro atoms. The topological polar surface area (TPSA) is 3.24 Å². The van der Waals surface area contributed by atoms with Crippen LogP contribution in [0.15, 0.2) is 0 Å². The Hall–Kier alpha value is 0.440. The highest BCUT2D eigenvalue weighted by Crippen LogP contribution is 2.23. The molecule has 2 heteroatoms. The largest absolute Gasteiger partial charge is 0.306 e. The Morgan fingerprint density at radius 1 is 1.27 bits per heavy atom. The van der Waals surface area contributed by atoms with Gasteiger partial charge < -0.3 is 4.90 Å². The van der Waals surface area contributed by atoms with Crippen molar-refractivity contribution in [3.05, 3.63) is 0 Å². The number of hydrogen-bond acceptors (Lipinski definition) is 1. The van der Waals surface area contributed by atoms with Gasteiger partial charge in [-0.25, -0.2) is 0 Å². The zero-order valence-corrected chi connectivity index (χ0v) is 9.90. The van der Waals surface area contributed by atoms with Crippen LogP contribution in [-0.2, 0) is 0 Å². The first-order valence-corrected chi connectivity index (χ1v) is 5.21. The molecule has 0 saturated heterocycles. The van der Waals surface area contributed by atoms with Gasteiger partial charge in [0.15, 0.2) is 0 Å². The van der Waals surface area contributed by atoms with E-state index in [2.05, 4.69) is 55.7 Å². The third kappa shape index (κ3) is 5.68. The van der Waals surface area contributed by atoms with Crippen molar-refractivity contribution in [1.29, 1.82) is 0 Å². The van der Waals surface area contributed by atoms with Crippen molar-refractivity contribution in [2.75, 3.05) is 19.4 Å². The lowest BCUT2D eigenvalue weighted by atomic mass is 9.88. The number of rotatable bonds is 3. The molecule has 1 atom stereocenters. The molecule has 0 aromatic rings. The Bertz CT molecular complexity index is 105. The van der Waals surface area contributed by atoms with E-state index in [-0.39, 0.29) is 0 Å². The zero-order chi connectivity index (χ0) is 9.07. The molecule has 0 aromatic heterocycles. The molecule has 1 nitrogen and oxygen atoms in total. The summed E-state index contributed by atoms with van der Waals surface area (Å²) in [6.45, 7) is 6.85. The third-order valence-electron chi connectivity index (χ3n) is 1.76. The predicted octanol–water partition coefficient (Wildman–Crippen LogP) is 2.75. The van der Waals surface area contributed by atoms with Gasteiger partial charge in [0.25, 0.3) is 0 Å². The molecule has 0 heterocycles. The second-order valence-electron chi connectivity index (χ2n) is 4.54. The van der Waals surface area contributed by atoms with E-state index in [1.807, 2.05) is 0 Å². The Balaban J connectivity index is 3.88. The standard InChI is InChI=1S/C9H20BrN/c1-9(2,3)6-8(7-10)11(4)5/h8H,6-7H2,1-5H3. The maximum absolute atomic E-state index is 3.53. The molecule has 11 heavy (non-hydrogen) atoms. The first kappa shape index (κ1) is 11.4. The lowest BCUT2D eigenvalue weighted by molar-refractivity contribution is 0.228. The summed E-state index contributed by atoms with van der Waals surface area (Å²) < 4.78 is 0. The molecular formula is C9H20BrN. The number of nitrogens with zero attached hydrogens (tertiary/aromatic N) is 1. The third-order valence-corrected chi connectivity index (χ3v) is 2.50. The number of halogens is 1.